The Morgan fingerprint density at radius 1 is 1.56 bits per heavy atom. The Morgan fingerprint density at radius 2 is 2.44 bits per heavy atom. The summed E-state index contributed by atoms with van der Waals surface area (Å²) in [6.07, 6.45) is 2.22. The molecule has 0 radical (unpaired) electrons. The van der Waals surface area contributed by atoms with E-state index in [0.29, 0.717) is 24.6 Å². The van der Waals surface area contributed by atoms with E-state index in [1.807, 2.05) is 0 Å². The molecule has 0 saturated carbocycles. The molecule has 1 saturated heterocycles. The molecule has 88 valence electrons. The molecule has 0 bridgehead atoms. The number of carbonyl (C=O) groups is 1. The minimum Gasteiger partial charge on any atom is -0.455 e. The zero-order valence-electron chi connectivity index (χ0n) is 9.07. The molecule has 1 aromatic rings. The lowest BCUT2D eigenvalue weighted by Crippen LogP contribution is -2.31. The Bertz CT molecular complexity index is 356. The molecule has 1 fully saturated rings. The first-order chi connectivity index (χ1) is 7.79. The Hall–Kier alpha value is -1.33. The summed E-state index contributed by atoms with van der Waals surface area (Å²) >= 11 is 0. The summed E-state index contributed by atoms with van der Waals surface area (Å²) in [6.45, 7) is 1.63. The van der Waals surface area contributed by atoms with Gasteiger partial charge in [0.2, 0.25) is 0 Å². The van der Waals surface area contributed by atoms with Gasteiger partial charge < -0.3 is 20.2 Å². The number of nitrogens with one attached hydrogen (secondary N) is 1. The first kappa shape index (κ1) is 11.2. The Labute approximate surface area is 93.9 Å². The summed E-state index contributed by atoms with van der Waals surface area (Å²) < 4.78 is 10.6. The largest absolute Gasteiger partial charge is 0.455 e. The normalized spacial score (nSPS) is 19.9. The van der Waals surface area contributed by atoms with E-state index in [2.05, 4.69) is 5.32 Å². The van der Waals surface area contributed by atoms with Crippen LogP contribution in [0.25, 0.3) is 0 Å². The van der Waals surface area contributed by atoms with E-state index in [1.165, 1.54) is 0 Å². The average molecular weight is 224 g/mol. The molecule has 0 spiro atoms. The van der Waals surface area contributed by atoms with Gasteiger partial charge in [0.15, 0.2) is 5.76 Å². The molecule has 5 nitrogen and oxygen atoms in total. The third kappa shape index (κ3) is 2.62. The molecule has 2 heterocycles. The number of amides is 1. The molecule has 1 aromatic heterocycles. The fourth-order valence-corrected chi connectivity index (χ4v) is 1.71. The van der Waals surface area contributed by atoms with E-state index in [9.17, 15) is 4.79 Å². The van der Waals surface area contributed by atoms with Crippen molar-refractivity contribution in [3.05, 3.63) is 23.7 Å². The van der Waals surface area contributed by atoms with Gasteiger partial charge in [0.25, 0.3) is 5.91 Å². The summed E-state index contributed by atoms with van der Waals surface area (Å²) in [4.78, 5) is 11.6. The number of furan rings is 1. The lowest BCUT2D eigenvalue weighted by molar-refractivity contribution is 0.0834. The van der Waals surface area contributed by atoms with Crippen LogP contribution in [0, 0.1) is 0 Å². The second-order valence-electron chi connectivity index (χ2n) is 3.82. The summed E-state index contributed by atoms with van der Waals surface area (Å²) in [7, 11) is 0. The quantitative estimate of drug-likeness (QED) is 0.787. The van der Waals surface area contributed by atoms with Crippen molar-refractivity contribution >= 4 is 5.91 Å². The highest BCUT2D eigenvalue weighted by Gasteiger charge is 2.17. The Kier molecular flexibility index (Phi) is 3.58. The monoisotopic (exact) mass is 224 g/mol. The molecule has 0 aromatic carbocycles. The molecule has 0 aliphatic carbocycles. The first-order valence-electron chi connectivity index (χ1n) is 5.48. The van der Waals surface area contributed by atoms with E-state index in [4.69, 9.17) is 14.9 Å². The van der Waals surface area contributed by atoms with Crippen molar-refractivity contribution in [2.45, 2.75) is 25.5 Å². The standard InChI is InChI=1S/C11H16N2O3/c12-6-8-3-4-10(16-8)11(14)13-7-9-2-1-5-15-9/h3-4,9H,1-2,5-7,12H2,(H,13,14). The highest BCUT2D eigenvalue weighted by Crippen LogP contribution is 2.11. The van der Waals surface area contributed by atoms with E-state index >= 15 is 0 Å². The van der Waals surface area contributed by atoms with Crippen LogP contribution in [-0.4, -0.2) is 25.2 Å². The van der Waals surface area contributed by atoms with E-state index < -0.39 is 0 Å². The highest BCUT2D eigenvalue weighted by atomic mass is 16.5. The minimum absolute atomic E-state index is 0.146. The van der Waals surface area contributed by atoms with Crippen molar-refractivity contribution in [2.24, 2.45) is 5.73 Å². The van der Waals surface area contributed by atoms with Crippen LogP contribution in [0.15, 0.2) is 16.5 Å². The molecule has 3 N–H and O–H groups in total. The summed E-state index contributed by atoms with van der Waals surface area (Å²) in [6, 6.07) is 3.34. The topological polar surface area (TPSA) is 77.5 Å². The molecular weight excluding hydrogens is 208 g/mol. The second-order valence-corrected chi connectivity index (χ2v) is 3.82. The fraction of sp³-hybridized carbons (Fsp3) is 0.545. The summed E-state index contributed by atoms with van der Waals surface area (Å²) in [5.41, 5.74) is 5.39. The predicted molar refractivity (Wildman–Crippen MR) is 57.9 cm³/mol. The van der Waals surface area contributed by atoms with Crippen LogP contribution in [-0.2, 0) is 11.3 Å². The van der Waals surface area contributed by atoms with Crippen LogP contribution in [0.5, 0.6) is 0 Å². The maximum atomic E-state index is 11.6. The molecule has 1 amide bonds. The number of ether oxygens (including phenoxy) is 1. The lowest BCUT2D eigenvalue weighted by atomic mass is 10.2. The van der Waals surface area contributed by atoms with Crippen molar-refractivity contribution < 1.29 is 13.9 Å². The number of nitrogens with two attached hydrogens (primary N) is 1. The smallest absolute Gasteiger partial charge is 0.287 e. The van der Waals surface area contributed by atoms with Crippen LogP contribution < -0.4 is 11.1 Å². The Balaban J connectivity index is 1.82. The summed E-state index contributed by atoms with van der Waals surface area (Å²) in [5, 5.41) is 2.78. The van der Waals surface area contributed by atoms with E-state index in [1.54, 1.807) is 12.1 Å². The second kappa shape index (κ2) is 5.14. The molecule has 1 aliphatic heterocycles. The number of hydrogen-bond acceptors (Lipinski definition) is 4. The number of rotatable bonds is 4. The van der Waals surface area contributed by atoms with Crippen LogP contribution in [0.4, 0.5) is 0 Å². The van der Waals surface area contributed by atoms with Gasteiger partial charge in [-0.2, -0.15) is 0 Å². The van der Waals surface area contributed by atoms with Crippen LogP contribution >= 0.6 is 0 Å². The minimum atomic E-state index is -0.213. The van der Waals surface area contributed by atoms with Crippen LogP contribution in [0.2, 0.25) is 0 Å². The predicted octanol–water partition coefficient (Wildman–Crippen LogP) is 0.647. The van der Waals surface area contributed by atoms with Gasteiger partial charge in [-0.25, -0.2) is 0 Å². The van der Waals surface area contributed by atoms with Gasteiger partial charge in [-0.3, -0.25) is 4.79 Å². The van der Waals surface area contributed by atoms with Crippen molar-refractivity contribution in [3.63, 3.8) is 0 Å². The maximum Gasteiger partial charge on any atom is 0.287 e. The van der Waals surface area contributed by atoms with Crippen molar-refractivity contribution in [1.82, 2.24) is 5.32 Å². The molecule has 16 heavy (non-hydrogen) atoms. The van der Waals surface area contributed by atoms with Crippen molar-refractivity contribution in [1.29, 1.82) is 0 Å². The zero-order valence-corrected chi connectivity index (χ0v) is 9.07. The lowest BCUT2D eigenvalue weighted by Gasteiger charge is -2.09. The molecule has 1 unspecified atom stereocenters. The van der Waals surface area contributed by atoms with Crippen molar-refractivity contribution in [3.8, 4) is 0 Å². The van der Waals surface area contributed by atoms with Gasteiger partial charge in [-0.15, -0.1) is 0 Å². The van der Waals surface area contributed by atoms with Gasteiger partial charge in [-0.1, -0.05) is 0 Å². The number of hydrogen-bond donors (Lipinski definition) is 2. The fourth-order valence-electron chi connectivity index (χ4n) is 1.71. The first-order valence-corrected chi connectivity index (χ1v) is 5.48. The molecule has 2 rings (SSSR count). The maximum absolute atomic E-state index is 11.6. The average Bonchev–Trinajstić information content (AvgIpc) is 2.96. The summed E-state index contributed by atoms with van der Waals surface area (Å²) in [5.74, 6) is 0.705. The van der Waals surface area contributed by atoms with Gasteiger partial charge >= 0.3 is 0 Å². The SMILES string of the molecule is NCc1ccc(C(=O)NCC2CCCO2)o1. The van der Waals surface area contributed by atoms with E-state index in [-0.39, 0.29) is 12.0 Å². The molecular formula is C11H16N2O3. The van der Waals surface area contributed by atoms with Gasteiger partial charge in [-0.05, 0) is 25.0 Å². The molecule has 1 atom stereocenters. The van der Waals surface area contributed by atoms with E-state index in [0.717, 1.165) is 19.4 Å². The zero-order chi connectivity index (χ0) is 11.4. The van der Waals surface area contributed by atoms with Gasteiger partial charge in [0.05, 0.1) is 12.6 Å². The third-order valence-corrected chi connectivity index (χ3v) is 2.60. The van der Waals surface area contributed by atoms with Crippen LogP contribution in [0.1, 0.15) is 29.2 Å². The third-order valence-electron chi connectivity index (χ3n) is 2.60. The van der Waals surface area contributed by atoms with Crippen molar-refractivity contribution in [2.75, 3.05) is 13.2 Å². The van der Waals surface area contributed by atoms with Gasteiger partial charge in [0, 0.05) is 13.2 Å². The molecule has 1 aliphatic rings. The molecule has 5 heteroatoms. The van der Waals surface area contributed by atoms with Crippen LogP contribution in [0.3, 0.4) is 0 Å². The van der Waals surface area contributed by atoms with Gasteiger partial charge in [0.1, 0.15) is 5.76 Å². The Morgan fingerprint density at radius 3 is 3.06 bits per heavy atom. The highest BCUT2D eigenvalue weighted by molar-refractivity contribution is 5.91. The number of carbonyl (C=O) groups excluding carboxylic acids is 1.